The van der Waals surface area contributed by atoms with E-state index in [1.807, 2.05) is 35.7 Å². The van der Waals surface area contributed by atoms with E-state index in [1.54, 1.807) is 31.4 Å². The van der Waals surface area contributed by atoms with Crippen molar-refractivity contribution in [3.05, 3.63) is 65.5 Å². The van der Waals surface area contributed by atoms with Gasteiger partial charge in [0.25, 0.3) is 5.91 Å². The molecule has 1 heterocycles. The van der Waals surface area contributed by atoms with Crippen molar-refractivity contribution in [2.24, 2.45) is 0 Å². The van der Waals surface area contributed by atoms with Crippen LogP contribution in [0.25, 0.3) is 11.3 Å². The Kier molecular flexibility index (Phi) is 6.39. The first-order valence-corrected chi connectivity index (χ1v) is 9.57. The molecule has 1 aromatic heterocycles. The highest BCUT2D eigenvalue weighted by Crippen LogP contribution is 2.24. The van der Waals surface area contributed by atoms with Crippen LogP contribution in [0, 0.1) is 0 Å². The SMILES string of the molecule is COc1ccc(CC(=O)OC(C)C(=O)Nc2nc(-c3ccccc3)cs2)cc1. The molecule has 0 bridgehead atoms. The van der Waals surface area contributed by atoms with Gasteiger partial charge < -0.3 is 9.47 Å². The lowest BCUT2D eigenvalue weighted by Crippen LogP contribution is -2.30. The fourth-order valence-electron chi connectivity index (χ4n) is 2.48. The van der Waals surface area contributed by atoms with Crippen molar-refractivity contribution in [2.45, 2.75) is 19.4 Å². The number of amides is 1. The van der Waals surface area contributed by atoms with Gasteiger partial charge in [0.05, 0.1) is 19.2 Å². The number of rotatable bonds is 7. The Hall–Kier alpha value is -3.19. The summed E-state index contributed by atoms with van der Waals surface area (Å²) < 4.78 is 10.3. The van der Waals surface area contributed by atoms with Gasteiger partial charge in [0.15, 0.2) is 11.2 Å². The first kappa shape index (κ1) is 19.6. The quantitative estimate of drug-likeness (QED) is 0.612. The van der Waals surface area contributed by atoms with E-state index in [9.17, 15) is 9.59 Å². The van der Waals surface area contributed by atoms with Crippen LogP contribution in [0.5, 0.6) is 5.75 Å². The second kappa shape index (κ2) is 9.14. The number of esters is 1. The molecule has 2 aromatic carbocycles. The third-order valence-electron chi connectivity index (χ3n) is 3.99. The monoisotopic (exact) mass is 396 g/mol. The molecule has 1 unspecified atom stereocenters. The van der Waals surface area contributed by atoms with Crippen LogP contribution < -0.4 is 10.1 Å². The Balaban J connectivity index is 1.52. The average Bonchev–Trinajstić information content (AvgIpc) is 3.17. The van der Waals surface area contributed by atoms with Crippen LogP contribution in [0.3, 0.4) is 0 Å². The standard InChI is InChI=1S/C21H20N2O4S/c1-14(27-19(24)12-15-8-10-17(26-2)11-9-15)20(25)23-21-22-18(13-28-21)16-6-4-3-5-7-16/h3-11,13-14H,12H2,1-2H3,(H,22,23,25). The number of ether oxygens (including phenoxy) is 2. The molecule has 6 nitrogen and oxygen atoms in total. The predicted octanol–water partition coefficient (Wildman–Crippen LogP) is 3.93. The van der Waals surface area contributed by atoms with E-state index in [4.69, 9.17) is 9.47 Å². The minimum Gasteiger partial charge on any atom is -0.497 e. The third-order valence-corrected chi connectivity index (χ3v) is 4.75. The summed E-state index contributed by atoms with van der Waals surface area (Å²) in [6, 6.07) is 16.8. The minimum absolute atomic E-state index is 0.0804. The zero-order valence-electron chi connectivity index (χ0n) is 15.5. The van der Waals surface area contributed by atoms with E-state index >= 15 is 0 Å². The van der Waals surface area contributed by atoms with Gasteiger partial charge in [-0.15, -0.1) is 11.3 Å². The predicted molar refractivity (Wildman–Crippen MR) is 108 cm³/mol. The molecule has 0 saturated heterocycles. The number of aromatic nitrogens is 1. The van der Waals surface area contributed by atoms with Crippen LogP contribution in [0.15, 0.2) is 60.0 Å². The van der Waals surface area contributed by atoms with Crippen molar-refractivity contribution >= 4 is 28.3 Å². The molecule has 1 atom stereocenters. The highest BCUT2D eigenvalue weighted by atomic mass is 32.1. The van der Waals surface area contributed by atoms with Crippen LogP contribution in [0.4, 0.5) is 5.13 Å². The largest absolute Gasteiger partial charge is 0.497 e. The fourth-order valence-corrected chi connectivity index (χ4v) is 3.20. The fraction of sp³-hybridized carbons (Fsp3) is 0.190. The molecule has 144 valence electrons. The molecule has 0 aliphatic heterocycles. The number of nitrogens with zero attached hydrogens (tertiary/aromatic N) is 1. The molecular formula is C21H20N2O4S. The number of thiazole rings is 1. The Morgan fingerprint density at radius 3 is 2.50 bits per heavy atom. The van der Waals surface area contributed by atoms with Crippen LogP contribution in [0.1, 0.15) is 12.5 Å². The molecule has 3 aromatic rings. The van der Waals surface area contributed by atoms with Gasteiger partial charge in [-0.05, 0) is 24.6 Å². The maximum atomic E-state index is 12.3. The van der Waals surface area contributed by atoms with Gasteiger partial charge in [-0.3, -0.25) is 14.9 Å². The summed E-state index contributed by atoms with van der Waals surface area (Å²) in [5, 5.41) is 5.02. The summed E-state index contributed by atoms with van der Waals surface area (Å²) >= 11 is 1.32. The third kappa shape index (κ3) is 5.17. The van der Waals surface area contributed by atoms with Crippen molar-refractivity contribution in [1.82, 2.24) is 4.98 Å². The molecule has 1 amide bonds. The molecule has 1 N–H and O–H groups in total. The molecule has 0 fully saturated rings. The van der Waals surface area contributed by atoms with Gasteiger partial charge in [-0.25, -0.2) is 4.98 Å². The molecule has 0 aliphatic rings. The van der Waals surface area contributed by atoms with Gasteiger partial charge in [0.1, 0.15) is 5.75 Å². The molecular weight excluding hydrogens is 376 g/mol. The number of carbonyl (C=O) groups is 2. The summed E-state index contributed by atoms with van der Waals surface area (Å²) in [6.07, 6.45) is -0.841. The van der Waals surface area contributed by atoms with E-state index in [0.29, 0.717) is 10.9 Å². The summed E-state index contributed by atoms with van der Waals surface area (Å²) in [7, 11) is 1.58. The summed E-state index contributed by atoms with van der Waals surface area (Å²) in [5.41, 5.74) is 2.54. The van der Waals surface area contributed by atoms with Crippen molar-refractivity contribution < 1.29 is 19.1 Å². The van der Waals surface area contributed by atoms with Crippen molar-refractivity contribution in [3.63, 3.8) is 0 Å². The molecule has 0 saturated carbocycles. The number of carbonyl (C=O) groups excluding carboxylic acids is 2. The lowest BCUT2D eigenvalue weighted by atomic mass is 10.1. The van der Waals surface area contributed by atoms with Gasteiger partial charge in [0.2, 0.25) is 0 Å². The summed E-state index contributed by atoms with van der Waals surface area (Å²) in [4.78, 5) is 28.8. The lowest BCUT2D eigenvalue weighted by molar-refractivity contribution is -0.152. The first-order chi connectivity index (χ1) is 13.5. The first-order valence-electron chi connectivity index (χ1n) is 8.69. The van der Waals surface area contributed by atoms with Gasteiger partial charge >= 0.3 is 5.97 Å². The summed E-state index contributed by atoms with van der Waals surface area (Å²) in [6.45, 7) is 1.53. The zero-order valence-corrected chi connectivity index (χ0v) is 16.4. The smallest absolute Gasteiger partial charge is 0.311 e. The van der Waals surface area contributed by atoms with Gasteiger partial charge in [-0.2, -0.15) is 0 Å². The number of hydrogen-bond acceptors (Lipinski definition) is 6. The average molecular weight is 396 g/mol. The van der Waals surface area contributed by atoms with Gasteiger partial charge in [-0.1, -0.05) is 42.5 Å². The number of benzene rings is 2. The van der Waals surface area contributed by atoms with Crippen molar-refractivity contribution in [2.75, 3.05) is 12.4 Å². The molecule has 0 radical (unpaired) electrons. The normalized spacial score (nSPS) is 11.5. The van der Waals surface area contributed by atoms with E-state index in [0.717, 1.165) is 16.8 Å². The lowest BCUT2D eigenvalue weighted by Gasteiger charge is -2.12. The maximum Gasteiger partial charge on any atom is 0.311 e. The number of anilines is 1. The number of nitrogens with one attached hydrogen (secondary N) is 1. The van der Waals surface area contributed by atoms with Crippen LogP contribution in [-0.4, -0.2) is 30.1 Å². The molecule has 7 heteroatoms. The van der Waals surface area contributed by atoms with E-state index < -0.39 is 18.0 Å². The van der Waals surface area contributed by atoms with Crippen LogP contribution in [0.2, 0.25) is 0 Å². The van der Waals surface area contributed by atoms with Crippen molar-refractivity contribution in [1.29, 1.82) is 0 Å². The highest BCUT2D eigenvalue weighted by molar-refractivity contribution is 7.14. The van der Waals surface area contributed by atoms with Crippen molar-refractivity contribution in [3.8, 4) is 17.0 Å². The second-order valence-electron chi connectivity index (χ2n) is 6.05. The Bertz CT molecular complexity index is 939. The highest BCUT2D eigenvalue weighted by Gasteiger charge is 2.19. The Labute approximate surface area is 167 Å². The van der Waals surface area contributed by atoms with Crippen LogP contribution >= 0.6 is 11.3 Å². The molecule has 0 aliphatic carbocycles. The molecule has 28 heavy (non-hydrogen) atoms. The van der Waals surface area contributed by atoms with Gasteiger partial charge in [0, 0.05) is 10.9 Å². The van der Waals surface area contributed by atoms with E-state index in [2.05, 4.69) is 10.3 Å². The zero-order chi connectivity index (χ0) is 19.9. The maximum absolute atomic E-state index is 12.3. The minimum atomic E-state index is -0.921. The molecule has 3 rings (SSSR count). The Morgan fingerprint density at radius 1 is 1.11 bits per heavy atom. The molecule has 0 spiro atoms. The van der Waals surface area contributed by atoms with E-state index in [-0.39, 0.29) is 6.42 Å². The van der Waals surface area contributed by atoms with Crippen LogP contribution in [-0.2, 0) is 20.7 Å². The number of hydrogen-bond donors (Lipinski definition) is 1. The number of methoxy groups -OCH3 is 1. The summed E-state index contributed by atoms with van der Waals surface area (Å²) in [5.74, 6) is -0.183. The van der Waals surface area contributed by atoms with E-state index in [1.165, 1.54) is 18.3 Å². The second-order valence-corrected chi connectivity index (χ2v) is 6.91. The Morgan fingerprint density at radius 2 is 1.82 bits per heavy atom. The topological polar surface area (TPSA) is 77.5 Å².